The molecule has 0 aliphatic heterocycles. The van der Waals surface area contributed by atoms with Crippen molar-refractivity contribution in [1.82, 2.24) is 15.5 Å². The maximum Gasteiger partial charge on any atom is 0.255 e. The zero-order chi connectivity index (χ0) is 14.5. The van der Waals surface area contributed by atoms with Crippen LogP contribution in [0.4, 0.5) is 0 Å². The summed E-state index contributed by atoms with van der Waals surface area (Å²) in [5.41, 5.74) is 4.26. The number of aromatic nitrogens is 2. The number of hydrogen-bond donors (Lipinski definition) is 2. The highest BCUT2D eigenvalue weighted by molar-refractivity contribution is 5.96. The molecule has 2 aromatic rings. The van der Waals surface area contributed by atoms with E-state index in [1.165, 1.54) is 0 Å². The van der Waals surface area contributed by atoms with Crippen molar-refractivity contribution in [2.45, 2.75) is 27.0 Å². The molecule has 0 aliphatic rings. The van der Waals surface area contributed by atoms with E-state index in [9.17, 15) is 4.79 Å². The average molecular weight is 273 g/mol. The molecular weight excluding hydrogens is 254 g/mol. The van der Waals surface area contributed by atoms with Crippen LogP contribution >= 0.6 is 0 Å². The predicted octanol–water partition coefficient (Wildman–Crippen LogP) is 2.10. The summed E-state index contributed by atoms with van der Waals surface area (Å²) in [5, 5.41) is 9.76. The molecule has 5 heteroatoms. The Morgan fingerprint density at radius 2 is 2.10 bits per heavy atom. The molecule has 0 atom stereocenters. The topological polar surface area (TPSA) is 67.0 Å². The molecule has 5 nitrogen and oxygen atoms in total. The monoisotopic (exact) mass is 273 g/mol. The molecule has 0 saturated heterocycles. The molecule has 1 amide bonds. The SMILES string of the molecule is COCc1cccc(CNC(=O)c2c(C)n[nH]c2C)c1. The molecular formula is C15H19N3O2. The lowest BCUT2D eigenvalue weighted by molar-refractivity contribution is 0.0949. The van der Waals surface area contributed by atoms with Gasteiger partial charge in [-0.25, -0.2) is 0 Å². The van der Waals surface area contributed by atoms with Gasteiger partial charge in [0.25, 0.3) is 5.91 Å². The highest BCUT2D eigenvalue weighted by atomic mass is 16.5. The quantitative estimate of drug-likeness (QED) is 0.876. The smallest absolute Gasteiger partial charge is 0.255 e. The molecule has 0 unspecified atom stereocenters. The highest BCUT2D eigenvalue weighted by Gasteiger charge is 2.14. The number of carbonyl (C=O) groups is 1. The summed E-state index contributed by atoms with van der Waals surface area (Å²) < 4.78 is 5.10. The standard InChI is InChI=1S/C15H19N3O2/c1-10-14(11(2)18-17-10)15(19)16-8-12-5-4-6-13(7-12)9-20-3/h4-7H,8-9H2,1-3H3,(H,16,19)(H,17,18). The molecule has 2 rings (SSSR count). The second kappa shape index (κ2) is 6.34. The first kappa shape index (κ1) is 14.3. The fourth-order valence-corrected chi connectivity index (χ4v) is 2.15. The van der Waals surface area contributed by atoms with Gasteiger partial charge in [0, 0.05) is 19.3 Å². The summed E-state index contributed by atoms with van der Waals surface area (Å²) in [5.74, 6) is -0.106. The van der Waals surface area contributed by atoms with E-state index in [1.54, 1.807) is 7.11 Å². The van der Waals surface area contributed by atoms with Crippen molar-refractivity contribution in [2.75, 3.05) is 7.11 Å². The number of H-pyrrole nitrogens is 1. The van der Waals surface area contributed by atoms with E-state index in [0.717, 1.165) is 16.8 Å². The Morgan fingerprint density at radius 3 is 2.75 bits per heavy atom. The van der Waals surface area contributed by atoms with Crippen molar-refractivity contribution in [3.63, 3.8) is 0 Å². The lowest BCUT2D eigenvalue weighted by atomic mass is 10.1. The summed E-state index contributed by atoms with van der Waals surface area (Å²) in [4.78, 5) is 12.1. The van der Waals surface area contributed by atoms with E-state index >= 15 is 0 Å². The molecule has 1 aromatic heterocycles. The molecule has 0 fully saturated rings. The van der Waals surface area contributed by atoms with Crippen LogP contribution in [0.25, 0.3) is 0 Å². The Balaban J connectivity index is 2.02. The van der Waals surface area contributed by atoms with E-state index in [0.29, 0.717) is 24.4 Å². The summed E-state index contributed by atoms with van der Waals surface area (Å²) in [7, 11) is 1.67. The van der Waals surface area contributed by atoms with Crippen molar-refractivity contribution >= 4 is 5.91 Å². The molecule has 0 aliphatic carbocycles. The van der Waals surface area contributed by atoms with E-state index in [4.69, 9.17) is 4.74 Å². The molecule has 2 N–H and O–H groups in total. The van der Waals surface area contributed by atoms with Crippen LogP contribution in [-0.2, 0) is 17.9 Å². The fraction of sp³-hybridized carbons (Fsp3) is 0.333. The first-order valence-electron chi connectivity index (χ1n) is 6.48. The number of hydrogen-bond acceptors (Lipinski definition) is 3. The average Bonchev–Trinajstić information content (AvgIpc) is 2.76. The molecule has 0 bridgehead atoms. The molecule has 0 spiro atoms. The fourth-order valence-electron chi connectivity index (χ4n) is 2.15. The summed E-state index contributed by atoms with van der Waals surface area (Å²) >= 11 is 0. The van der Waals surface area contributed by atoms with Crippen LogP contribution in [0, 0.1) is 13.8 Å². The molecule has 0 saturated carbocycles. The Labute approximate surface area is 118 Å². The van der Waals surface area contributed by atoms with Gasteiger partial charge in [-0.1, -0.05) is 24.3 Å². The number of aryl methyl sites for hydroxylation is 2. The van der Waals surface area contributed by atoms with Gasteiger partial charge in [0.15, 0.2) is 0 Å². The third kappa shape index (κ3) is 3.24. The van der Waals surface area contributed by atoms with Gasteiger partial charge in [-0.15, -0.1) is 0 Å². The number of benzene rings is 1. The zero-order valence-electron chi connectivity index (χ0n) is 12.0. The van der Waals surface area contributed by atoms with Crippen LogP contribution < -0.4 is 5.32 Å². The van der Waals surface area contributed by atoms with Crippen molar-refractivity contribution in [3.8, 4) is 0 Å². The Hall–Kier alpha value is -2.14. The minimum absolute atomic E-state index is 0.106. The summed E-state index contributed by atoms with van der Waals surface area (Å²) in [6, 6.07) is 7.97. The number of nitrogens with zero attached hydrogens (tertiary/aromatic N) is 1. The number of rotatable bonds is 5. The Morgan fingerprint density at radius 1 is 1.35 bits per heavy atom. The summed E-state index contributed by atoms with van der Waals surface area (Å²) in [6.07, 6.45) is 0. The maximum absolute atomic E-state index is 12.1. The van der Waals surface area contributed by atoms with Crippen LogP contribution in [0.5, 0.6) is 0 Å². The number of amides is 1. The van der Waals surface area contributed by atoms with Gasteiger partial charge in [0.2, 0.25) is 0 Å². The molecule has 1 heterocycles. The zero-order valence-corrected chi connectivity index (χ0v) is 12.0. The van der Waals surface area contributed by atoms with Gasteiger partial charge >= 0.3 is 0 Å². The first-order valence-corrected chi connectivity index (χ1v) is 6.48. The van der Waals surface area contributed by atoms with Crippen molar-refractivity contribution in [1.29, 1.82) is 0 Å². The van der Waals surface area contributed by atoms with E-state index in [2.05, 4.69) is 15.5 Å². The molecule has 1 aromatic carbocycles. The second-order valence-electron chi connectivity index (χ2n) is 4.74. The normalized spacial score (nSPS) is 10.6. The van der Waals surface area contributed by atoms with Crippen molar-refractivity contribution in [3.05, 3.63) is 52.3 Å². The second-order valence-corrected chi connectivity index (χ2v) is 4.74. The largest absolute Gasteiger partial charge is 0.380 e. The van der Waals surface area contributed by atoms with Gasteiger partial charge in [-0.2, -0.15) is 5.10 Å². The number of methoxy groups -OCH3 is 1. The Bertz CT molecular complexity index is 585. The predicted molar refractivity (Wildman–Crippen MR) is 76.4 cm³/mol. The number of aromatic amines is 1. The van der Waals surface area contributed by atoms with Gasteiger partial charge in [0.1, 0.15) is 0 Å². The van der Waals surface area contributed by atoms with E-state index in [-0.39, 0.29) is 5.91 Å². The lowest BCUT2D eigenvalue weighted by Gasteiger charge is -2.07. The molecule has 20 heavy (non-hydrogen) atoms. The molecule has 106 valence electrons. The van der Waals surface area contributed by atoms with Crippen LogP contribution in [0.1, 0.15) is 32.9 Å². The van der Waals surface area contributed by atoms with Crippen LogP contribution in [0.3, 0.4) is 0 Å². The third-order valence-electron chi connectivity index (χ3n) is 3.11. The van der Waals surface area contributed by atoms with Gasteiger partial charge in [0.05, 0.1) is 17.9 Å². The van der Waals surface area contributed by atoms with Crippen LogP contribution in [0.2, 0.25) is 0 Å². The van der Waals surface area contributed by atoms with Crippen LogP contribution in [0.15, 0.2) is 24.3 Å². The maximum atomic E-state index is 12.1. The van der Waals surface area contributed by atoms with Gasteiger partial charge in [-0.05, 0) is 25.0 Å². The van der Waals surface area contributed by atoms with E-state index in [1.807, 2.05) is 38.1 Å². The first-order chi connectivity index (χ1) is 9.61. The number of carbonyl (C=O) groups excluding carboxylic acids is 1. The number of ether oxygens (including phenoxy) is 1. The van der Waals surface area contributed by atoms with Crippen molar-refractivity contribution < 1.29 is 9.53 Å². The van der Waals surface area contributed by atoms with E-state index < -0.39 is 0 Å². The Kier molecular flexibility index (Phi) is 4.53. The lowest BCUT2D eigenvalue weighted by Crippen LogP contribution is -2.23. The number of nitrogens with one attached hydrogen (secondary N) is 2. The van der Waals surface area contributed by atoms with Gasteiger partial charge in [-0.3, -0.25) is 9.89 Å². The van der Waals surface area contributed by atoms with Crippen molar-refractivity contribution in [2.24, 2.45) is 0 Å². The third-order valence-corrected chi connectivity index (χ3v) is 3.11. The minimum atomic E-state index is -0.106. The minimum Gasteiger partial charge on any atom is -0.380 e. The van der Waals surface area contributed by atoms with Crippen LogP contribution in [-0.4, -0.2) is 23.2 Å². The summed E-state index contributed by atoms with van der Waals surface area (Å²) in [6.45, 7) is 4.72. The molecule has 0 radical (unpaired) electrons. The van der Waals surface area contributed by atoms with Gasteiger partial charge < -0.3 is 10.1 Å². The highest BCUT2D eigenvalue weighted by Crippen LogP contribution is 2.10.